The standard InChI is InChI=1S/C15H25NO3/c1-10(2)7-12-13(15(12,3)4)14(17)16-8-11-9-18-5-6-19-11/h7,11-13H,5-6,8-9H2,1-4H3,(H,16,17)/t11-,12+,13+/m0/s1. The molecule has 1 N–H and O–H groups in total. The molecule has 4 nitrogen and oxygen atoms in total. The fraction of sp³-hybridized carbons (Fsp3) is 0.800. The Morgan fingerprint density at radius 3 is 2.68 bits per heavy atom. The van der Waals surface area contributed by atoms with Crippen LogP contribution in [-0.2, 0) is 14.3 Å². The SMILES string of the molecule is CC(C)=C[C@@H]1[C@H](C(=O)NC[C@H]2COCCO2)C1(C)C. The van der Waals surface area contributed by atoms with Crippen molar-refractivity contribution >= 4 is 5.91 Å². The molecule has 1 amide bonds. The number of carbonyl (C=O) groups excluding carboxylic acids is 1. The lowest BCUT2D eigenvalue weighted by Gasteiger charge is -2.23. The topological polar surface area (TPSA) is 47.6 Å². The van der Waals surface area contributed by atoms with Crippen LogP contribution in [0.2, 0.25) is 0 Å². The zero-order chi connectivity index (χ0) is 14.0. The van der Waals surface area contributed by atoms with Crippen LogP contribution in [0.4, 0.5) is 0 Å². The summed E-state index contributed by atoms with van der Waals surface area (Å²) in [6.07, 6.45) is 2.21. The van der Waals surface area contributed by atoms with Crippen LogP contribution in [0.25, 0.3) is 0 Å². The molecule has 1 saturated heterocycles. The highest BCUT2D eigenvalue weighted by Gasteiger charge is 2.60. The van der Waals surface area contributed by atoms with Gasteiger partial charge in [0.15, 0.2) is 0 Å². The van der Waals surface area contributed by atoms with Crippen LogP contribution in [0.5, 0.6) is 0 Å². The van der Waals surface area contributed by atoms with E-state index in [1.54, 1.807) is 0 Å². The van der Waals surface area contributed by atoms with E-state index in [-0.39, 0.29) is 23.3 Å². The highest BCUT2D eigenvalue weighted by molar-refractivity contribution is 5.83. The Kier molecular flexibility index (Phi) is 4.31. The summed E-state index contributed by atoms with van der Waals surface area (Å²) in [7, 11) is 0. The molecule has 1 aliphatic carbocycles. The van der Waals surface area contributed by atoms with E-state index in [1.807, 2.05) is 0 Å². The number of carbonyl (C=O) groups is 1. The monoisotopic (exact) mass is 267 g/mol. The van der Waals surface area contributed by atoms with E-state index in [0.717, 1.165) is 0 Å². The van der Waals surface area contributed by atoms with Crippen LogP contribution in [0.15, 0.2) is 11.6 Å². The van der Waals surface area contributed by atoms with E-state index in [9.17, 15) is 4.79 Å². The minimum Gasteiger partial charge on any atom is -0.376 e. The number of hydrogen-bond acceptors (Lipinski definition) is 3. The van der Waals surface area contributed by atoms with Crippen molar-refractivity contribution in [1.29, 1.82) is 0 Å². The van der Waals surface area contributed by atoms with E-state index in [0.29, 0.717) is 32.3 Å². The number of hydrogen-bond donors (Lipinski definition) is 1. The van der Waals surface area contributed by atoms with Crippen molar-refractivity contribution in [2.45, 2.75) is 33.8 Å². The largest absolute Gasteiger partial charge is 0.376 e. The first-order valence-corrected chi connectivity index (χ1v) is 7.05. The fourth-order valence-corrected chi connectivity index (χ4v) is 2.83. The minimum atomic E-state index is 0.00136. The average Bonchev–Trinajstić information content (AvgIpc) is 2.88. The number of nitrogens with one attached hydrogen (secondary N) is 1. The van der Waals surface area contributed by atoms with Gasteiger partial charge in [0.25, 0.3) is 0 Å². The molecule has 19 heavy (non-hydrogen) atoms. The maximum Gasteiger partial charge on any atom is 0.224 e. The van der Waals surface area contributed by atoms with Gasteiger partial charge in [-0.05, 0) is 25.2 Å². The van der Waals surface area contributed by atoms with Crippen molar-refractivity contribution in [3.05, 3.63) is 11.6 Å². The van der Waals surface area contributed by atoms with Gasteiger partial charge < -0.3 is 14.8 Å². The predicted molar refractivity (Wildman–Crippen MR) is 73.8 cm³/mol. The van der Waals surface area contributed by atoms with Crippen LogP contribution in [0.1, 0.15) is 27.7 Å². The Morgan fingerprint density at radius 1 is 1.37 bits per heavy atom. The van der Waals surface area contributed by atoms with Crippen LogP contribution in [0, 0.1) is 17.3 Å². The summed E-state index contributed by atoms with van der Waals surface area (Å²) in [6.45, 7) is 10.9. The van der Waals surface area contributed by atoms with Gasteiger partial charge in [-0.25, -0.2) is 0 Å². The summed E-state index contributed by atoms with van der Waals surface area (Å²) < 4.78 is 10.8. The lowest BCUT2D eigenvalue weighted by atomic mass is 10.1. The maximum atomic E-state index is 12.2. The molecular formula is C15H25NO3. The highest BCUT2D eigenvalue weighted by atomic mass is 16.6. The molecule has 1 saturated carbocycles. The number of ether oxygens (including phenoxy) is 2. The van der Waals surface area contributed by atoms with Crippen molar-refractivity contribution in [2.75, 3.05) is 26.4 Å². The molecule has 1 heterocycles. The molecule has 2 rings (SSSR count). The molecule has 0 spiro atoms. The molecule has 0 bridgehead atoms. The third-order valence-electron chi connectivity index (χ3n) is 4.09. The molecule has 3 atom stereocenters. The van der Waals surface area contributed by atoms with Crippen LogP contribution in [0.3, 0.4) is 0 Å². The highest BCUT2D eigenvalue weighted by Crippen LogP contribution is 2.59. The molecule has 2 fully saturated rings. The molecule has 2 aliphatic rings. The first kappa shape index (κ1) is 14.5. The van der Waals surface area contributed by atoms with Gasteiger partial charge in [-0.2, -0.15) is 0 Å². The molecule has 4 heteroatoms. The third-order valence-corrected chi connectivity index (χ3v) is 4.09. The van der Waals surface area contributed by atoms with Crippen molar-refractivity contribution < 1.29 is 14.3 Å². The first-order valence-electron chi connectivity index (χ1n) is 7.05. The molecule has 0 aromatic rings. The summed E-state index contributed by atoms with van der Waals surface area (Å²) in [5.74, 6) is 0.592. The molecule has 0 aromatic carbocycles. The van der Waals surface area contributed by atoms with Gasteiger partial charge in [0.2, 0.25) is 5.91 Å². The zero-order valence-electron chi connectivity index (χ0n) is 12.4. The van der Waals surface area contributed by atoms with Crippen LogP contribution < -0.4 is 5.32 Å². The van der Waals surface area contributed by atoms with Crippen LogP contribution >= 0.6 is 0 Å². The van der Waals surface area contributed by atoms with Gasteiger partial charge >= 0.3 is 0 Å². The molecule has 0 unspecified atom stereocenters. The van der Waals surface area contributed by atoms with E-state index in [4.69, 9.17) is 9.47 Å². The van der Waals surface area contributed by atoms with E-state index >= 15 is 0 Å². The number of rotatable bonds is 4. The molecule has 108 valence electrons. The lowest BCUT2D eigenvalue weighted by Crippen LogP contribution is -2.40. The maximum absolute atomic E-state index is 12.2. The summed E-state index contributed by atoms with van der Waals surface area (Å²) in [4.78, 5) is 12.2. The van der Waals surface area contributed by atoms with Gasteiger partial charge in [-0.3, -0.25) is 4.79 Å². The Labute approximate surface area is 115 Å². The second kappa shape index (κ2) is 5.63. The Hall–Kier alpha value is -0.870. The molecule has 0 radical (unpaired) electrons. The van der Waals surface area contributed by atoms with Crippen molar-refractivity contribution in [2.24, 2.45) is 17.3 Å². The van der Waals surface area contributed by atoms with Crippen LogP contribution in [-0.4, -0.2) is 38.4 Å². The van der Waals surface area contributed by atoms with E-state index in [2.05, 4.69) is 39.1 Å². The summed E-state index contributed by atoms with van der Waals surface area (Å²) in [5.41, 5.74) is 1.35. The zero-order valence-corrected chi connectivity index (χ0v) is 12.4. The fourth-order valence-electron chi connectivity index (χ4n) is 2.83. The smallest absolute Gasteiger partial charge is 0.224 e. The predicted octanol–water partition coefficient (Wildman–Crippen LogP) is 1.76. The van der Waals surface area contributed by atoms with Gasteiger partial charge in [-0.1, -0.05) is 25.5 Å². The first-order chi connectivity index (χ1) is 8.93. The van der Waals surface area contributed by atoms with E-state index < -0.39 is 0 Å². The summed E-state index contributed by atoms with van der Waals surface area (Å²) in [5, 5.41) is 3.00. The van der Waals surface area contributed by atoms with Crippen molar-refractivity contribution in [1.82, 2.24) is 5.32 Å². The third kappa shape index (κ3) is 3.37. The number of amides is 1. The van der Waals surface area contributed by atoms with Gasteiger partial charge in [-0.15, -0.1) is 0 Å². The second-order valence-corrected chi connectivity index (χ2v) is 6.38. The van der Waals surface area contributed by atoms with Gasteiger partial charge in [0, 0.05) is 6.54 Å². The molecule has 0 aromatic heterocycles. The van der Waals surface area contributed by atoms with Gasteiger partial charge in [0.1, 0.15) is 0 Å². The van der Waals surface area contributed by atoms with Crippen molar-refractivity contribution in [3.63, 3.8) is 0 Å². The quantitative estimate of drug-likeness (QED) is 0.790. The molecular weight excluding hydrogens is 242 g/mol. The summed E-state index contributed by atoms with van der Waals surface area (Å²) >= 11 is 0. The second-order valence-electron chi connectivity index (χ2n) is 6.38. The average molecular weight is 267 g/mol. The van der Waals surface area contributed by atoms with Crippen molar-refractivity contribution in [3.8, 4) is 0 Å². The Morgan fingerprint density at radius 2 is 2.11 bits per heavy atom. The number of allylic oxidation sites excluding steroid dienone is 2. The lowest BCUT2D eigenvalue weighted by molar-refractivity contribution is -0.125. The molecule has 1 aliphatic heterocycles. The minimum absolute atomic E-state index is 0.00136. The van der Waals surface area contributed by atoms with Gasteiger partial charge in [0.05, 0.1) is 31.8 Å². The Bertz CT molecular complexity index is 366. The Balaban J connectivity index is 1.82. The normalized spacial score (nSPS) is 32.5. The van der Waals surface area contributed by atoms with E-state index in [1.165, 1.54) is 5.57 Å². The summed E-state index contributed by atoms with van der Waals surface area (Å²) in [6, 6.07) is 0.